The van der Waals surface area contributed by atoms with Gasteiger partial charge in [0.15, 0.2) is 0 Å². The summed E-state index contributed by atoms with van der Waals surface area (Å²) in [6.45, 7) is 9.12. The summed E-state index contributed by atoms with van der Waals surface area (Å²) < 4.78 is 28.1. The summed E-state index contributed by atoms with van der Waals surface area (Å²) in [6, 6.07) is 0. The van der Waals surface area contributed by atoms with E-state index in [2.05, 4.69) is 6.92 Å². The van der Waals surface area contributed by atoms with Gasteiger partial charge in [-0.1, -0.05) is 13.8 Å². The van der Waals surface area contributed by atoms with Gasteiger partial charge in [-0.25, -0.2) is 0 Å². The molecule has 0 radical (unpaired) electrons. The quantitative estimate of drug-likeness (QED) is 0.740. The smallest absolute Gasteiger partial charge is 0.282 e. The molecular weight excluding hydrogens is 236 g/mol. The Balaban J connectivity index is 1.48. The molecular formula is C13H22O5. The summed E-state index contributed by atoms with van der Waals surface area (Å²) in [6.07, 6.45) is 0.722. The fourth-order valence-electron chi connectivity index (χ4n) is 2.52. The molecule has 0 saturated carbocycles. The molecule has 5 nitrogen and oxygen atoms in total. The number of ether oxygens (including phenoxy) is 5. The summed E-state index contributed by atoms with van der Waals surface area (Å²) >= 11 is 0. The average molecular weight is 258 g/mol. The van der Waals surface area contributed by atoms with E-state index in [1.54, 1.807) is 0 Å². The van der Waals surface area contributed by atoms with Crippen LogP contribution in [0.15, 0.2) is 0 Å². The third kappa shape index (κ3) is 2.18. The third-order valence-corrected chi connectivity index (χ3v) is 3.99. The van der Waals surface area contributed by atoms with E-state index in [-0.39, 0.29) is 10.8 Å². The lowest BCUT2D eigenvalue weighted by Crippen LogP contribution is -2.61. The molecule has 4 aliphatic rings. The van der Waals surface area contributed by atoms with Gasteiger partial charge in [0.05, 0.1) is 51.7 Å². The first kappa shape index (κ1) is 12.8. The standard InChI is InChI=1S/C13H22O5/c1-3-13-16-8-12(9-17-13,10-18-13)7-15-6-11(2)4-14-5-11/h3-10H2,1-2H3. The van der Waals surface area contributed by atoms with Gasteiger partial charge in [-0.3, -0.25) is 0 Å². The van der Waals surface area contributed by atoms with E-state index >= 15 is 0 Å². The molecule has 0 aromatic heterocycles. The van der Waals surface area contributed by atoms with Gasteiger partial charge < -0.3 is 23.7 Å². The molecule has 0 unspecified atom stereocenters. The molecule has 4 rings (SSSR count). The summed E-state index contributed by atoms with van der Waals surface area (Å²) in [5.74, 6) is -0.782. The second-order valence-electron chi connectivity index (χ2n) is 6.20. The minimum Gasteiger partial charge on any atom is -0.380 e. The Morgan fingerprint density at radius 1 is 0.944 bits per heavy atom. The normalized spacial score (nSPS) is 41.7. The average Bonchev–Trinajstić information content (AvgIpc) is 2.39. The first-order chi connectivity index (χ1) is 8.60. The molecule has 0 aromatic rings. The zero-order valence-corrected chi connectivity index (χ0v) is 11.2. The molecule has 4 aliphatic heterocycles. The predicted molar refractivity (Wildman–Crippen MR) is 63.1 cm³/mol. The van der Waals surface area contributed by atoms with E-state index in [9.17, 15) is 0 Å². The Hall–Kier alpha value is -0.200. The Morgan fingerprint density at radius 3 is 2.00 bits per heavy atom. The van der Waals surface area contributed by atoms with Crippen molar-refractivity contribution >= 4 is 0 Å². The van der Waals surface area contributed by atoms with Crippen molar-refractivity contribution in [2.24, 2.45) is 10.8 Å². The van der Waals surface area contributed by atoms with E-state index in [0.29, 0.717) is 26.4 Å². The van der Waals surface area contributed by atoms with Crippen molar-refractivity contribution in [2.75, 3.05) is 46.2 Å². The molecule has 4 saturated heterocycles. The fourth-order valence-corrected chi connectivity index (χ4v) is 2.52. The van der Waals surface area contributed by atoms with Crippen molar-refractivity contribution in [1.29, 1.82) is 0 Å². The fraction of sp³-hybridized carbons (Fsp3) is 1.00. The molecule has 2 bridgehead atoms. The minimum atomic E-state index is -0.782. The maximum atomic E-state index is 5.85. The van der Waals surface area contributed by atoms with Gasteiger partial charge in [-0.05, 0) is 0 Å². The van der Waals surface area contributed by atoms with Crippen LogP contribution >= 0.6 is 0 Å². The van der Waals surface area contributed by atoms with Crippen LogP contribution in [0.1, 0.15) is 20.3 Å². The summed E-state index contributed by atoms with van der Waals surface area (Å²) in [7, 11) is 0. The number of rotatable bonds is 5. The van der Waals surface area contributed by atoms with E-state index in [0.717, 1.165) is 26.2 Å². The van der Waals surface area contributed by atoms with Gasteiger partial charge >= 0.3 is 0 Å². The largest absolute Gasteiger partial charge is 0.380 e. The first-order valence-corrected chi connectivity index (χ1v) is 6.67. The second-order valence-corrected chi connectivity index (χ2v) is 6.20. The highest BCUT2D eigenvalue weighted by atomic mass is 16.9. The number of hydrogen-bond acceptors (Lipinski definition) is 5. The van der Waals surface area contributed by atoms with Crippen LogP contribution in [0.2, 0.25) is 0 Å². The van der Waals surface area contributed by atoms with Crippen molar-refractivity contribution in [3.8, 4) is 0 Å². The van der Waals surface area contributed by atoms with Crippen LogP contribution in [-0.4, -0.2) is 52.2 Å². The highest BCUT2D eigenvalue weighted by Crippen LogP contribution is 2.40. The maximum Gasteiger partial charge on any atom is 0.282 e. The Labute approximate surface area is 108 Å². The van der Waals surface area contributed by atoms with Gasteiger partial charge in [-0.2, -0.15) is 0 Å². The molecule has 0 N–H and O–H groups in total. The van der Waals surface area contributed by atoms with Crippen molar-refractivity contribution in [3.05, 3.63) is 0 Å². The lowest BCUT2D eigenvalue weighted by Gasteiger charge is -2.51. The summed E-state index contributed by atoms with van der Waals surface area (Å²) in [5.41, 5.74) is 0.0631. The SMILES string of the molecule is CCC12OCC(COCC3(C)COC3)(CO1)CO2. The van der Waals surface area contributed by atoms with Crippen molar-refractivity contribution in [3.63, 3.8) is 0 Å². The van der Waals surface area contributed by atoms with Crippen LogP contribution in [0.25, 0.3) is 0 Å². The van der Waals surface area contributed by atoms with Crippen molar-refractivity contribution < 1.29 is 23.7 Å². The number of fused-ring (bicyclic) bond motifs is 3. The minimum absolute atomic E-state index is 0.127. The van der Waals surface area contributed by atoms with E-state index in [1.165, 1.54) is 0 Å². The van der Waals surface area contributed by atoms with E-state index in [4.69, 9.17) is 23.7 Å². The first-order valence-electron chi connectivity index (χ1n) is 6.67. The summed E-state index contributed by atoms with van der Waals surface area (Å²) in [4.78, 5) is 0. The third-order valence-electron chi connectivity index (χ3n) is 3.99. The topological polar surface area (TPSA) is 46.2 Å². The Morgan fingerprint density at radius 2 is 1.56 bits per heavy atom. The molecule has 4 fully saturated rings. The van der Waals surface area contributed by atoms with E-state index < -0.39 is 5.97 Å². The molecule has 18 heavy (non-hydrogen) atoms. The second kappa shape index (κ2) is 4.42. The lowest BCUT2D eigenvalue weighted by molar-refractivity contribution is -0.471. The molecule has 0 aromatic carbocycles. The Bertz CT molecular complexity index is 288. The van der Waals surface area contributed by atoms with Gasteiger partial charge in [0, 0.05) is 11.8 Å². The highest BCUT2D eigenvalue weighted by molar-refractivity contribution is 4.89. The van der Waals surface area contributed by atoms with Gasteiger partial charge in [-0.15, -0.1) is 0 Å². The van der Waals surface area contributed by atoms with Gasteiger partial charge in [0.1, 0.15) is 0 Å². The molecule has 104 valence electrons. The maximum absolute atomic E-state index is 5.85. The highest BCUT2D eigenvalue weighted by Gasteiger charge is 2.52. The van der Waals surface area contributed by atoms with Crippen molar-refractivity contribution in [2.45, 2.75) is 26.2 Å². The monoisotopic (exact) mass is 258 g/mol. The van der Waals surface area contributed by atoms with Crippen LogP contribution in [0.4, 0.5) is 0 Å². The zero-order valence-electron chi connectivity index (χ0n) is 11.2. The predicted octanol–water partition coefficient (Wildman–Crippen LogP) is 1.17. The lowest BCUT2D eigenvalue weighted by atomic mass is 9.88. The number of hydrogen-bond donors (Lipinski definition) is 0. The van der Waals surface area contributed by atoms with Crippen LogP contribution < -0.4 is 0 Å². The van der Waals surface area contributed by atoms with E-state index in [1.807, 2.05) is 6.92 Å². The van der Waals surface area contributed by atoms with Gasteiger partial charge in [0.2, 0.25) is 0 Å². The molecule has 4 heterocycles. The molecule has 0 aliphatic carbocycles. The van der Waals surface area contributed by atoms with Crippen LogP contribution in [-0.2, 0) is 23.7 Å². The zero-order chi connectivity index (χ0) is 12.7. The summed E-state index contributed by atoms with van der Waals surface area (Å²) in [5, 5.41) is 0. The molecule has 0 spiro atoms. The van der Waals surface area contributed by atoms with Crippen LogP contribution in [0.3, 0.4) is 0 Å². The van der Waals surface area contributed by atoms with Gasteiger partial charge in [0.25, 0.3) is 5.97 Å². The van der Waals surface area contributed by atoms with Crippen LogP contribution in [0, 0.1) is 10.8 Å². The Kier molecular flexibility index (Phi) is 3.15. The molecule has 0 atom stereocenters. The van der Waals surface area contributed by atoms with Crippen LogP contribution in [0.5, 0.6) is 0 Å². The van der Waals surface area contributed by atoms with Crippen molar-refractivity contribution in [1.82, 2.24) is 0 Å². The molecule has 0 amide bonds. The molecule has 5 heteroatoms.